The fraction of sp³-hybridized carbons (Fsp3) is 0.0769. The number of allylic oxidation sites excluding steroid dienone is 2. The maximum atomic E-state index is 3.03. The molecule has 1 aliphatic heterocycles. The Kier molecular flexibility index (Phi) is 6.58. The van der Waals surface area contributed by atoms with Gasteiger partial charge >= 0.3 is 0 Å². The van der Waals surface area contributed by atoms with Gasteiger partial charge in [0, 0.05) is 29.7 Å². The third-order valence-corrected chi connectivity index (χ3v) is 8.22. The molecule has 6 aromatic carbocycles. The molecule has 0 spiro atoms. The van der Waals surface area contributed by atoms with Crippen molar-refractivity contribution in [2.75, 3.05) is 17.3 Å². The van der Waals surface area contributed by atoms with Crippen LogP contribution in [0.3, 0.4) is 0 Å². The SMILES string of the molecule is C1=CC2c3c(c4ccccc4c4ccccc34)N(c3ccccc3)C2C=C1c1ccccc1.CNc1ccccc1. The fourth-order valence-corrected chi connectivity index (χ4v) is 6.38. The molecule has 0 saturated carbocycles. The predicted octanol–water partition coefficient (Wildman–Crippen LogP) is 9.98. The van der Waals surface area contributed by atoms with Gasteiger partial charge < -0.3 is 10.2 Å². The first kappa shape index (κ1) is 24.9. The summed E-state index contributed by atoms with van der Waals surface area (Å²) in [5, 5.41) is 8.38. The molecule has 0 radical (unpaired) electrons. The Bertz CT molecular complexity index is 1870. The molecule has 2 unspecified atom stereocenters. The van der Waals surface area contributed by atoms with Crippen LogP contribution in [0.15, 0.2) is 158 Å². The molecule has 0 aromatic heterocycles. The maximum absolute atomic E-state index is 3.03. The zero-order chi connectivity index (χ0) is 27.6. The lowest BCUT2D eigenvalue weighted by Gasteiger charge is -2.30. The third kappa shape index (κ3) is 4.48. The molecule has 0 amide bonds. The Labute approximate surface area is 241 Å². The second-order valence-electron chi connectivity index (χ2n) is 10.5. The minimum absolute atomic E-state index is 0.233. The average molecular weight is 529 g/mol. The van der Waals surface area contributed by atoms with Crippen LogP contribution in [0.2, 0.25) is 0 Å². The van der Waals surface area contributed by atoms with Gasteiger partial charge in [0.15, 0.2) is 0 Å². The summed E-state index contributed by atoms with van der Waals surface area (Å²) in [6.07, 6.45) is 7.21. The number of benzene rings is 6. The van der Waals surface area contributed by atoms with Crippen molar-refractivity contribution in [2.45, 2.75) is 12.0 Å². The monoisotopic (exact) mass is 528 g/mol. The summed E-state index contributed by atoms with van der Waals surface area (Å²) in [6, 6.07) is 49.7. The standard InChI is InChI=1S/C32H23N.C7H9N/c1-3-11-22(12-4-1)23-19-20-29-30(21-23)33(24-13-5-2-6-14-24)32-28-18-10-8-16-26(28)25-15-7-9-17-27(25)31(29)32;1-8-7-5-3-2-4-6-7/h1-21,29-30H;2-6,8H,1H3. The molecular weight excluding hydrogens is 496 g/mol. The van der Waals surface area contributed by atoms with Crippen LogP contribution in [0, 0.1) is 0 Å². The molecule has 1 heterocycles. The molecule has 41 heavy (non-hydrogen) atoms. The van der Waals surface area contributed by atoms with Crippen molar-refractivity contribution in [3.8, 4) is 0 Å². The third-order valence-electron chi connectivity index (χ3n) is 8.22. The highest BCUT2D eigenvalue weighted by Crippen LogP contribution is 2.54. The van der Waals surface area contributed by atoms with E-state index in [0.717, 1.165) is 5.69 Å². The van der Waals surface area contributed by atoms with E-state index in [2.05, 4.69) is 138 Å². The Balaban J connectivity index is 0.000000301. The van der Waals surface area contributed by atoms with Crippen LogP contribution in [-0.2, 0) is 0 Å². The molecule has 2 atom stereocenters. The van der Waals surface area contributed by atoms with Gasteiger partial charge in [-0.05, 0) is 57.1 Å². The van der Waals surface area contributed by atoms with Crippen LogP contribution >= 0.6 is 0 Å². The molecule has 2 aliphatic rings. The summed E-state index contributed by atoms with van der Waals surface area (Å²) in [4.78, 5) is 2.57. The molecule has 0 saturated heterocycles. The number of rotatable bonds is 3. The molecule has 0 bridgehead atoms. The molecule has 2 heteroatoms. The van der Waals surface area contributed by atoms with Gasteiger partial charge in [0.25, 0.3) is 0 Å². The summed E-state index contributed by atoms with van der Waals surface area (Å²) >= 11 is 0. The Hall–Kier alpha value is -5.08. The molecule has 6 aromatic rings. The van der Waals surface area contributed by atoms with E-state index in [1.165, 1.54) is 49.6 Å². The van der Waals surface area contributed by atoms with Crippen molar-refractivity contribution in [2.24, 2.45) is 0 Å². The molecule has 2 nitrogen and oxygen atoms in total. The molecule has 1 aliphatic carbocycles. The average Bonchev–Trinajstić information content (AvgIpc) is 3.41. The van der Waals surface area contributed by atoms with Gasteiger partial charge in [0.2, 0.25) is 0 Å². The fourth-order valence-electron chi connectivity index (χ4n) is 6.38. The number of anilines is 3. The summed E-state index contributed by atoms with van der Waals surface area (Å²) in [5.41, 5.74) is 7.75. The van der Waals surface area contributed by atoms with E-state index in [1.54, 1.807) is 0 Å². The first-order valence-electron chi connectivity index (χ1n) is 14.3. The normalized spacial score (nSPS) is 16.9. The number of para-hydroxylation sites is 2. The van der Waals surface area contributed by atoms with Crippen molar-refractivity contribution in [3.05, 3.63) is 169 Å². The summed E-state index contributed by atoms with van der Waals surface area (Å²) in [7, 11) is 1.91. The largest absolute Gasteiger partial charge is 0.388 e. The van der Waals surface area contributed by atoms with Gasteiger partial charge in [0.05, 0.1) is 11.7 Å². The molecule has 198 valence electrons. The zero-order valence-corrected chi connectivity index (χ0v) is 23.1. The van der Waals surface area contributed by atoms with E-state index < -0.39 is 0 Å². The van der Waals surface area contributed by atoms with Crippen molar-refractivity contribution in [1.29, 1.82) is 0 Å². The van der Waals surface area contributed by atoms with E-state index >= 15 is 0 Å². The van der Waals surface area contributed by atoms with E-state index in [9.17, 15) is 0 Å². The minimum atomic E-state index is 0.233. The lowest BCUT2D eigenvalue weighted by molar-refractivity contribution is 0.750. The lowest BCUT2D eigenvalue weighted by atomic mass is 9.84. The van der Waals surface area contributed by atoms with Gasteiger partial charge in [0.1, 0.15) is 0 Å². The van der Waals surface area contributed by atoms with Crippen LogP contribution in [0.1, 0.15) is 17.0 Å². The number of fused-ring (bicyclic) bond motifs is 8. The van der Waals surface area contributed by atoms with Crippen LogP contribution in [0.4, 0.5) is 17.1 Å². The lowest BCUT2D eigenvalue weighted by Crippen LogP contribution is -2.29. The van der Waals surface area contributed by atoms with Gasteiger partial charge in [-0.15, -0.1) is 0 Å². The quantitative estimate of drug-likeness (QED) is 0.230. The van der Waals surface area contributed by atoms with E-state index in [1.807, 2.05) is 37.4 Å². The van der Waals surface area contributed by atoms with Crippen molar-refractivity contribution >= 4 is 44.2 Å². The second-order valence-corrected chi connectivity index (χ2v) is 10.5. The summed E-state index contributed by atoms with van der Waals surface area (Å²) in [5.74, 6) is 0.308. The minimum Gasteiger partial charge on any atom is -0.388 e. The molecule has 8 rings (SSSR count). The van der Waals surface area contributed by atoms with Gasteiger partial charge in [-0.1, -0.05) is 133 Å². The van der Waals surface area contributed by atoms with E-state index in [4.69, 9.17) is 0 Å². The molecule has 1 N–H and O–H groups in total. The van der Waals surface area contributed by atoms with Crippen molar-refractivity contribution in [3.63, 3.8) is 0 Å². The second kappa shape index (κ2) is 10.8. The van der Waals surface area contributed by atoms with Gasteiger partial charge in [-0.25, -0.2) is 0 Å². The van der Waals surface area contributed by atoms with Crippen molar-refractivity contribution in [1.82, 2.24) is 0 Å². The highest BCUT2D eigenvalue weighted by Gasteiger charge is 2.40. The highest BCUT2D eigenvalue weighted by molar-refractivity contribution is 6.17. The van der Waals surface area contributed by atoms with Crippen LogP contribution in [0.25, 0.3) is 27.1 Å². The van der Waals surface area contributed by atoms with Crippen molar-refractivity contribution < 1.29 is 0 Å². The first-order valence-corrected chi connectivity index (χ1v) is 14.3. The zero-order valence-electron chi connectivity index (χ0n) is 23.1. The van der Waals surface area contributed by atoms with Crippen LogP contribution < -0.4 is 10.2 Å². The number of nitrogens with one attached hydrogen (secondary N) is 1. The molecular formula is C39H32N2. The smallest absolute Gasteiger partial charge is 0.0635 e. The summed E-state index contributed by atoms with van der Waals surface area (Å²) in [6.45, 7) is 0. The Morgan fingerprint density at radius 2 is 1.10 bits per heavy atom. The maximum Gasteiger partial charge on any atom is 0.0635 e. The van der Waals surface area contributed by atoms with Crippen LogP contribution in [-0.4, -0.2) is 13.1 Å². The Morgan fingerprint density at radius 1 is 0.561 bits per heavy atom. The van der Waals surface area contributed by atoms with Crippen LogP contribution in [0.5, 0.6) is 0 Å². The van der Waals surface area contributed by atoms with Gasteiger partial charge in [-0.3, -0.25) is 0 Å². The molecule has 0 fully saturated rings. The highest BCUT2D eigenvalue weighted by atomic mass is 15.2. The van der Waals surface area contributed by atoms with E-state index in [-0.39, 0.29) is 6.04 Å². The number of hydrogen-bond donors (Lipinski definition) is 1. The topological polar surface area (TPSA) is 15.3 Å². The number of nitrogens with zero attached hydrogens (tertiary/aromatic N) is 1. The summed E-state index contributed by atoms with van der Waals surface area (Å²) < 4.78 is 0. The van der Waals surface area contributed by atoms with Gasteiger partial charge in [-0.2, -0.15) is 0 Å². The number of hydrogen-bond acceptors (Lipinski definition) is 2. The predicted molar refractivity (Wildman–Crippen MR) is 176 cm³/mol. The first-order chi connectivity index (χ1) is 20.3. The Morgan fingerprint density at radius 3 is 1.73 bits per heavy atom. The van der Waals surface area contributed by atoms with E-state index in [0.29, 0.717) is 5.92 Å².